The first-order valence-corrected chi connectivity index (χ1v) is 7.72. The first-order valence-electron chi connectivity index (χ1n) is 3.03. The minimum absolute atomic E-state index is 0.783. The maximum atomic E-state index is 5.61. The van der Waals surface area contributed by atoms with Crippen LogP contribution in [0.2, 0.25) is 0 Å². The van der Waals surface area contributed by atoms with Crippen LogP contribution in [-0.4, -0.2) is 6.16 Å². The Kier molecular flexibility index (Phi) is 5.74. The van der Waals surface area contributed by atoms with Gasteiger partial charge in [-0.2, -0.15) is 0 Å². The topological polar surface area (TPSA) is 0 Å². The molecule has 0 aromatic carbocycles. The Morgan fingerprint density at radius 2 is 1.67 bits per heavy atom. The SMILES string of the molecule is CCCCC[P+](Cl)(Cl)Cl. The van der Waals surface area contributed by atoms with Crippen LogP contribution in [0.3, 0.4) is 0 Å². The van der Waals surface area contributed by atoms with Gasteiger partial charge in [0.1, 0.15) is 39.9 Å². The molecule has 0 aliphatic carbocycles. The highest BCUT2D eigenvalue weighted by atomic mass is 36.1. The van der Waals surface area contributed by atoms with Crippen molar-refractivity contribution in [3.63, 3.8) is 0 Å². The number of halogens is 3. The lowest BCUT2D eigenvalue weighted by Gasteiger charge is -1.97. The van der Waals surface area contributed by atoms with Crippen molar-refractivity contribution in [2.24, 2.45) is 0 Å². The third-order valence-corrected chi connectivity index (χ3v) is 3.36. The van der Waals surface area contributed by atoms with E-state index in [2.05, 4.69) is 6.92 Å². The summed E-state index contributed by atoms with van der Waals surface area (Å²) < 4.78 is 0. The van der Waals surface area contributed by atoms with Gasteiger partial charge in [-0.3, -0.25) is 0 Å². The molecule has 0 N–H and O–H groups in total. The Morgan fingerprint density at radius 1 is 1.11 bits per heavy atom. The lowest BCUT2D eigenvalue weighted by atomic mass is 10.3. The normalized spacial score (nSPS) is 12.0. The lowest BCUT2D eigenvalue weighted by Crippen LogP contribution is -1.79. The molecule has 56 valence electrons. The molecule has 9 heavy (non-hydrogen) atoms. The molecule has 0 rings (SSSR count). The van der Waals surface area contributed by atoms with Crippen molar-refractivity contribution < 1.29 is 0 Å². The second-order valence-electron chi connectivity index (χ2n) is 1.98. The van der Waals surface area contributed by atoms with Crippen LogP contribution in [0, 0.1) is 0 Å². The van der Waals surface area contributed by atoms with Gasteiger partial charge in [0.25, 0.3) is 0 Å². The second-order valence-corrected chi connectivity index (χ2v) is 10.3. The maximum absolute atomic E-state index is 5.61. The van der Waals surface area contributed by atoms with E-state index in [1.807, 2.05) is 0 Å². The first-order chi connectivity index (χ1) is 4.06. The average Bonchev–Trinajstić information content (AvgIpc) is 1.63. The fraction of sp³-hybridized carbons (Fsp3) is 1.00. The molecule has 0 aromatic rings. The predicted molar refractivity (Wildman–Crippen MR) is 48.9 cm³/mol. The number of hydrogen-bond acceptors (Lipinski definition) is 0. The van der Waals surface area contributed by atoms with Crippen LogP contribution in [0.1, 0.15) is 26.2 Å². The van der Waals surface area contributed by atoms with Gasteiger partial charge in [-0.1, -0.05) is 13.3 Å². The van der Waals surface area contributed by atoms with E-state index < -0.39 is 5.32 Å². The Morgan fingerprint density at radius 3 is 2.00 bits per heavy atom. The van der Waals surface area contributed by atoms with Gasteiger partial charge in [0.15, 0.2) is 0 Å². The van der Waals surface area contributed by atoms with Crippen molar-refractivity contribution in [1.29, 1.82) is 0 Å². The summed E-state index contributed by atoms with van der Waals surface area (Å²) in [5, 5.41) is -2.03. The summed E-state index contributed by atoms with van der Waals surface area (Å²) in [7, 11) is 0. The third-order valence-electron chi connectivity index (χ3n) is 1.02. The Balaban J connectivity index is 3.07. The van der Waals surface area contributed by atoms with E-state index in [4.69, 9.17) is 33.7 Å². The van der Waals surface area contributed by atoms with Crippen molar-refractivity contribution in [3.05, 3.63) is 0 Å². The molecule has 0 aliphatic heterocycles. The summed E-state index contributed by atoms with van der Waals surface area (Å²) in [4.78, 5) is 0. The fourth-order valence-corrected chi connectivity index (χ4v) is 2.20. The Bertz CT molecular complexity index is 69.1. The van der Waals surface area contributed by atoms with Gasteiger partial charge in [0, 0.05) is 0 Å². The highest BCUT2D eigenvalue weighted by Gasteiger charge is 2.30. The van der Waals surface area contributed by atoms with Crippen molar-refractivity contribution in [2.45, 2.75) is 26.2 Å². The highest BCUT2D eigenvalue weighted by molar-refractivity contribution is 8.32. The molecule has 0 saturated heterocycles. The molecule has 0 nitrogen and oxygen atoms in total. The summed E-state index contributed by atoms with van der Waals surface area (Å²) in [6.07, 6.45) is 4.20. The van der Waals surface area contributed by atoms with Gasteiger partial charge < -0.3 is 0 Å². The molecule has 0 amide bonds. The van der Waals surface area contributed by atoms with Gasteiger partial charge in [-0.05, 0) is 12.8 Å². The summed E-state index contributed by atoms with van der Waals surface area (Å²) >= 11 is 16.8. The summed E-state index contributed by atoms with van der Waals surface area (Å²) in [6.45, 7) is 2.14. The molecule has 4 heteroatoms. The zero-order valence-electron chi connectivity index (χ0n) is 5.41. The van der Waals surface area contributed by atoms with E-state index in [-0.39, 0.29) is 0 Å². The smallest absolute Gasteiger partial charge is 0.0654 e. The van der Waals surface area contributed by atoms with E-state index in [9.17, 15) is 0 Å². The molecule has 0 aliphatic rings. The molecule has 0 aromatic heterocycles. The lowest BCUT2D eigenvalue weighted by molar-refractivity contribution is 0.777. The Hall–Kier alpha value is 1.30. The zero-order chi connectivity index (χ0) is 7.33. The third kappa shape index (κ3) is 9.30. The number of hydrogen-bond donors (Lipinski definition) is 0. The molecule has 0 spiro atoms. The van der Waals surface area contributed by atoms with E-state index in [1.54, 1.807) is 0 Å². The minimum Gasteiger partial charge on any atom is -0.0654 e. The summed E-state index contributed by atoms with van der Waals surface area (Å²) in [5.41, 5.74) is 0. The van der Waals surface area contributed by atoms with Crippen LogP contribution >= 0.6 is 39.0 Å². The summed E-state index contributed by atoms with van der Waals surface area (Å²) in [5.74, 6) is 0. The van der Waals surface area contributed by atoms with Gasteiger partial charge in [0.2, 0.25) is 0 Å². The zero-order valence-corrected chi connectivity index (χ0v) is 8.57. The van der Waals surface area contributed by atoms with Crippen LogP contribution in [-0.2, 0) is 0 Å². The van der Waals surface area contributed by atoms with Crippen molar-refractivity contribution >= 4 is 39.0 Å². The number of rotatable bonds is 4. The molecule has 0 fully saturated rings. The fourth-order valence-electron chi connectivity index (χ4n) is 0.541. The predicted octanol–water partition coefficient (Wildman–Crippen LogP) is 4.66. The number of unbranched alkanes of at least 4 members (excludes halogenated alkanes) is 2. The van der Waals surface area contributed by atoms with Crippen LogP contribution in [0.15, 0.2) is 0 Å². The van der Waals surface area contributed by atoms with Crippen LogP contribution in [0.4, 0.5) is 0 Å². The second kappa shape index (κ2) is 5.02. The van der Waals surface area contributed by atoms with Crippen molar-refractivity contribution in [1.82, 2.24) is 0 Å². The molecule has 0 unspecified atom stereocenters. The molecular weight excluding hydrogens is 197 g/mol. The van der Waals surface area contributed by atoms with Gasteiger partial charge in [-0.25, -0.2) is 0 Å². The van der Waals surface area contributed by atoms with Crippen LogP contribution in [0.5, 0.6) is 0 Å². The highest BCUT2D eigenvalue weighted by Crippen LogP contribution is 2.74. The molecular formula is C5H11Cl3P+. The van der Waals surface area contributed by atoms with E-state index >= 15 is 0 Å². The molecule has 0 radical (unpaired) electrons. The van der Waals surface area contributed by atoms with Crippen LogP contribution in [0.25, 0.3) is 0 Å². The van der Waals surface area contributed by atoms with Gasteiger partial charge >= 0.3 is 5.32 Å². The standard InChI is InChI=1S/C5H11Cl3P/c1-2-3-4-5-9(6,7)8/h2-5H2,1H3/q+1. The van der Waals surface area contributed by atoms with Gasteiger partial charge in [0.05, 0.1) is 0 Å². The van der Waals surface area contributed by atoms with E-state index in [0.717, 1.165) is 12.6 Å². The monoisotopic (exact) mass is 207 g/mol. The molecule has 0 saturated carbocycles. The van der Waals surface area contributed by atoms with Crippen molar-refractivity contribution in [3.8, 4) is 0 Å². The summed E-state index contributed by atoms with van der Waals surface area (Å²) in [6, 6.07) is 0. The average molecular weight is 208 g/mol. The molecule has 0 bridgehead atoms. The molecule has 0 atom stereocenters. The quantitative estimate of drug-likeness (QED) is 0.466. The van der Waals surface area contributed by atoms with Gasteiger partial charge in [-0.15, -0.1) is 0 Å². The van der Waals surface area contributed by atoms with Crippen molar-refractivity contribution in [2.75, 3.05) is 6.16 Å². The first kappa shape index (κ1) is 10.3. The van der Waals surface area contributed by atoms with Crippen LogP contribution < -0.4 is 0 Å². The van der Waals surface area contributed by atoms with E-state index in [0.29, 0.717) is 0 Å². The molecule has 0 heterocycles. The minimum atomic E-state index is -2.03. The van der Waals surface area contributed by atoms with E-state index in [1.165, 1.54) is 12.8 Å². The maximum Gasteiger partial charge on any atom is 0.307 e. The largest absolute Gasteiger partial charge is 0.307 e. The Labute approximate surface area is 71.6 Å².